The van der Waals surface area contributed by atoms with Gasteiger partial charge in [-0.2, -0.15) is 0 Å². The number of non-ortho nitro benzene ring substituents is 1. The highest BCUT2D eigenvalue weighted by molar-refractivity contribution is 8.01. The summed E-state index contributed by atoms with van der Waals surface area (Å²) in [6.45, 7) is 2.07. The second-order valence-corrected chi connectivity index (χ2v) is 6.43. The number of thioether (sulfide) groups is 1. The molecule has 0 saturated heterocycles. The monoisotopic (exact) mass is 306 g/mol. The van der Waals surface area contributed by atoms with Crippen molar-refractivity contribution in [2.45, 2.75) is 11.3 Å². The Bertz CT molecular complexity index is 749. The van der Waals surface area contributed by atoms with E-state index in [2.05, 4.69) is 17.0 Å². The van der Waals surface area contributed by atoms with Gasteiger partial charge in [0, 0.05) is 17.7 Å². The summed E-state index contributed by atoms with van der Waals surface area (Å²) in [5, 5.41) is 15.2. The van der Waals surface area contributed by atoms with Crippen LogP contribution in [0.25, 0.3) is 16.2 Å². The molecule has 0 bridgehead atoms. The summed E-state index contributed by atoms with van der Waals surface area (Å²) < 4.78 is 2.69. The Morgan fingerprint density at radius 1 is 1.50 bits per heavy atom. The van der Waals surface area contributed by atoms with E-state index in [0.29, 0.717) is 5.69 Å². The average Bonchev–Trinajstić information content (AvgIpc) is 2.97. The van der Waals surface area contributed by atoms with Crippen LogP contribution in [0.15, 0.2) is 34.8 Å². The van der Waals surface area contributed by atoms with Gasteiger partial charge in [0.05, 0.1) is 16.8 Å². The van der Waals surface area contributed by atoms with Crippen LogP contribution in [-0.4, -0.2) is 25.3 Å². The van der Waals surface area contributed by atoms with Crippen molar-refractivity contribution in [1.82, 2.24) is 14.6 Å². The van der Waals surface area contributed by atoms with E-state index in [4.69, 9.17) is 0 Å². The number of fused-ring (bicyclic) bond motifs is 1. The molecule has 0 saturated carbocycles. The predicted octanol–water partition coefficient (Wildman–Crippen LogP) is 3.48. The van der Waals surface area contributed by atoms with E-state index >= 15 is 0 Å². The Kier molecular flexibility index (Phi) is 3.41. The van der Waals surface area contributed by atoms with Crippen molar-refractivity contribution in [3.63, 3.8) is 0 Å². The molecule has 3 aromatic rings. The third-order valence-corrected chi connectivity index (χ3v) is 4.58. The number of nitro groups is 1. The van der Waals surface area contributed by atoms with Gasteiger partial charge >= 0.3 is 0 Å². The van der Waals surface area contributed by atoms with E-state index in [-0.39, 0.29) is 5.69 Å². The zero-order valence-electron chi connectivity index (χ0n) is 10.5. The van der Waals surface area contributed by atoms with Gasteiger partial charge in [-0.25, -0.2) is 9.50 Å². The zero-order valence-corrected chi connectivity index (χ0v) is 12.1. The molecule has 0 amide bonds. The van der Waals surface area contributed by atoms with Crippen molar-refractivity contribution in [2.75, 3.05) is 5.75 Å². The Balaban J connectivity index is 1.99. The molecule has 0 N–H and O–H groups in total. The number of hydrogen-bond donors (Lipinski definition) is 0. The van der Waals surface area contributed by atoms with Gasteiger partial charge < -0.3 is 0 Å². The van der Waals surface area contributed by atoms with E-state index < -0.39 is 4.92 Å². The fourth-order valence-corrected chi connectivity index (χ4v) is 3.60. The SMILES string of the molecule is CCSc1nn2cc(-c3cccc([N+](=O)[O-])c3)nc2s1. The van der Waals surface area contributed by atoms with Crippen LogP contribution in [0.3, 0.4) is 0 Å². The topological polar surface area (TPSA) is 73.3 Å². The number of benzene rings is 1. The number of aromatic nitrogens is 3. The number of rotatable bonds is 4. The standard InChI is InChI=1S/C12H10N4O2S2/c1-2-19-12-14-15-7-10(13-11(15)20-12)8-4-3-5-9(6-8)16(17)18/h3-7H,2H2,1H3. The van der Waals surface area contributed by atoms with Crippen molar-refractivity contribution in [3.8, 4) is 11.3 Å². The number of nitro benzene ring substituents is 1. The van der Waals surface area contributed by atoms with E-state index in [9.17, 15) is 10.1 Å². The maximum absolute atomic E-state index is 10.8. The summed E-state index contributed by atoms with van der Waals surface area (Å²) in [5.41, 5.74) is 1.48. The van der Waals surface area contributed by atoms with Gasteiger partial charge in [-0.3, -0.25) is 10.1 Å². The van der Waals surface area contributed by atoms with Crippen molar-refractivity contribution in [1.29, 1.82) is 0 Å². The summed E-state index contributed by atoms with van der Waals surface area (Å²) in [6.07, 6.45) is 1.80. The molecule has 2 aromatic heterocycles. The fraction of sp³-hybridized carbons (Fsp3) is 0.167. The van der Waals surface area contributed by atoms with Crippen LogP contribution in [-0.2, 0) is 0 Å². The van der Waals surface area contributed by atoms with Crippen LogP contribution in [0, 0.1) is 10.1 Å². The lowest BCUT2D eigenvalue weighted by atomic mass is 10.1. The summed E-state index contributed by atoms with van der Waals surface area (Å²) >= 11 is 3.19. The Morgan fingerprint density at radius 2 is 2.35 bits per heavy atom. The van der Waals surface area contributed by atoms with Gasteiger partial charge in [0.25, 0.3) is 5.69 Å². The van der Waals surface area contributed by atoms with E-state index in [1.165, 1.54) is 23.5 Å². The second-order valence-electron chi connectivity index (χ2n) is 3.96. The average molecular weight is 306 g/mol. The molecule has 0 atom stereocenters. The smallest absolute Gasteiger partial charge is 0.258 e. The molecular weight excluding hydrogens is 296 g/mol. The molecule has 2 heterocycles. The Hall–Kier alpha value is -1.93. The number of nitrogens with zero attached hydrogens (tertiary/aromatic N) is 4. The third-order valence-electron chi connectivity index (χ3n) is 2.65. The van der Waals surface area contributed by atoms with E-state index in [1.54, 1.807) is 34.6 Å². The first kappa shape index (κ1) is 13.1. The minimum Gasteiger partial charge on any atom is -0.258 e. The normalized spacial score (nSPS) is 11.1. The lowest BCUT2D eigenvalue weighted by Gasteiger charge is -1.96. The van der Waals surface area contributed by atoms with Crippen molar-refractivity contribution in [3.05, 3.63) is 40.6 Å². The molecule has 0 aliphatic heterocycles. The van der Waals surface area contributed by atoms with Crippen LogP contribution < -0.4 is 0 Å². The quantitative estimate of drug-likeness (QED) is 0.419. The molecule has 0 aliphatic carbocycles. The van der Waals surface area contributed by atoms with E-state index in [1.807, 2.05) is 0 Å². The molecule has 3 rings (SSSR count). The van der Waals surface area contributed by atoms with Gasteiger partial charge in [-0.1, -0.05) is 42.2 Å². The van der Waals surface area contributed by atoms with Crippen molar-refractivity contribution in [2.24, 2.45) is 0 Å². The molecule has 1 aromatic carbocycles. The highest BCUT2D eigenvalue weighted by atomic mass is 32.2. The minimum atomic E-state index is -0.407. The molecule has 0 unspecified atom stereocenters. The first-order valence-electron chi connectivity index (χ1n) is 5.91. The predicted molar refractivity (Wildman–Crippen MR) is 79.4 cm³/mol. The van der Waals surface area contributed by atoms with Crippen LogP contribution in [0.1, 0.15) is 6.92 Å². The summed E-state index contributed by atoms with van der Waals surface area (Å²) in [5.74, 6) is 0.967. The molecule has 6 nitrogen and oxygen atoms in total. The lowest BCUT2D eigenvalue weighted by Crippen LogP contribution is -1.88. The maximum Gasteiger partial charge on any atom is 0.270 e. The van der Waals surface area contributed by atoms with E-state index in [0.717, 1.165) is 20.6 Å². The second kappa shape index (κ2) is 5.22. The van der Waals surface area contributed by atoms with Gasteiger partial charge in [0.1, 0.15) is 0 Å². The zero-order chi connectivity index (χ0) is 14.1. The summed E-state index contributed by atoms with van der Waals surface area (Å²) in [7, 11) is 0. The molecular formula is C12H10N4O2S2. The molecule has 8 heteroatoms. The lowest BCUT2D eigenvalue weighted by molar-refractivity contribution is -0.384. The highest BCUT2D eigenvalue weighted by Gasteiger charge is 2.12. The maximum atomic E-state index is 10.8. The van der Waals surface area contributed by atoms with Crippen molar-refractivity contribution < 1.29 is 4.92 Å². The first-order chi connectivity index (χ1) is 9.67. The Morgan fingerprint density at radius 3 is 3.05 bits per heavy atom. The number of imidazole rings is 1. The summed E-state index contributed by atoms with van der Waals surface area (Å²) in [4.78, 5) is 15.6. The van der Waals surface area contributed by atoms with Crippen LogP contribution in [0.5, 0.6) is 0 Å². The molecule has 0 fully saturated rings. The van der Waals surface area contributed by atoms with Gasteiger partial charge in [-0.15, -0.1) is 5.10 Å². The third kappa shape index (κ3) is 2.39. The Labute approximate surface area is 122 Å². The molecule has 0 aliphatic rings. The summed E-state index contributed by atoms with van der Waals surface area (Å²) in [6, 6.07) is 6.46. The molecule has 20 heavy (non-hydrogen) atoms. The molecule has 102 valence electrons. The minimum absolute atomic E-state index is 0.0639. The first-order valence-corrected chi connectivity index (χ1v) is 7.71. The molecule has 0 spiro atoms. The largest absolute Gasteiger partial charge is 0.270 e. The van der Waals surface area contributed by atoms with Gasteiger partial charge in [0.2, 0.25) is 4.96 Å². The van der Waals surface area contributed by atoms with Crippen LogP contribution >= 0.6 is 23.1 Å². The fourth-order valence-electron chi connectivity index (χ4n) is 1.78. The van der Waals surface area contributed by atoms with Gasteiger partial charge in [-0.05, 0) is 5.75 Å². The van der Waals surface area contributed by atoms with Crippen molar-refractivity contribution >= 4 is 33.7 Å². The van der Waals surface area contributed by atoms with Crippen LogP contribution in [0.2, 0.25) is 0 Å². The van der Waals surface area contributed by atoms with Crippen LogP contribution in [0.4, 0.5) is 5.69 Å². The highest BCUT2D eigenvalue weighted by Crippen LogP contribution is 2.28. The number of hydrogen-bond acceptors (Lipinski definition) is 6. The molecule has 0 radical (unpaired) electrons. The van der Waals surface area contributed by atoms with Gasteiger partial charge in [0.15, 0.2) is 4.34 Å².